The maximum atomic E-state index is 12.3. The van der Waals surface area contributed by atoms with Gasteiger partial charge in [0.2, 0.25) is 5.88 Å². The number of carbonyl (C=O) groups excluding carboxylic acids is 2. The third kappa shape index (κ3) is 4.84. The Morgan fingerprint density at radius 1 is 1.24 bits per heavy atom. The number of aromatic nitrogens is 1. The molecule has 2 rings (SSSR count). The quantitative estimate of drug-likeness (QED) is 0.764. The molecule has 2 aromatic rings. The summed E-state index contributed by atoms with van der Waals surface area (Å²) in [5, 5.41) is 3.08. The highest BCUT2D eigenvalue weighted by Gasteiger charge is 2.22. The molecule has 6 nitrogen and oxygen atoms in total. The Labute approximate surface area is 155 Å². The number of halogens is 2. The van der Waals surface area contributed by atoms with Crippen LogP contribution in [0.3, 0.4) is 0 Å². The van der Waals surface area contributed by atoms with E-state index in [1.165, 1.54) is 19.2 Å². The first-order valence-corrected chi connectivity index (χ1v) is 8.23. The van der Waals surface area contributed by atoms with Gasteiger partial charge in [0, 0.05) is 6.20 Å². The van der Waals surface area contributed by atoms with E-state index in [9.17, 15) is 9.59 Å². The summed E-state index contributed by atoms with van der Waals surface area (Å²) in [4.78, 5) is 28.5. The topological polar surface area (TPSA) is 77.5 Å². The largest absolute Gasteiger partial charge is 0.477 e. The molecule has 0 fully saturated rings. The van der Waals surface area contributed by atoms with Crippen LogP contribution in [0.4, 0.5) is 5.69 Å². The van der Waals surface area contributed by atoms with E-state index in [0.29, 0.717) is 17.3 Å². The van der Waals surface area contributed by atoms with Gasteiger partial charge in [-0.05, 0) is 38.1 Å². The highest BCUT2D eigenvalue weighted by molar-refractivity contribution is 6.44. The zero-order valence-electron chi connectivity index (χ0n) is 13.6. The first kappa shape index (κ1) is 19.0. The van der Waals surface area contributed by atoms with Gasteiger partial charge >= 0.3 is 5.97 Å². The molecule has 1 aromatic heterocycles. The van der Waals surface area contributed by atoms with Crippen LogP contribution >= 0.6 is 23.2 Å². The van der Waals surface area contributed by atoms with Gasteiger partial charge in [0.15, 0.2) is 6.10 Å². The van der Waals surface area contributed by atoms with Crippen LogP contribution in [0.15, 0.2) is 36.5 Å². The number of esters is 1. The van der Waals surface area contributed by atoms with Crippen molar-refractivity contribution in [3.63, 3.8) is 0 Å². The van der Waals surface area contributed by atoms with Crippen molar-refractivity contribution in [3.05, 3.63) is 52.1 Å². The summed E-state index contributed by atoms with van der Waals surface area (Å²) in [6, 6.07) is 7.93. The van der Waals surface area contributed by atoms with Crippen molar-refractivity contribution in [2.45, 2.75) is 20.0 Å². The lowest BCUT2D eigenvalue weighted by Crippen LogP contribution is -2.30. The third-order valence-electron chi connectivity index (χ3n) is 3.13. The van der Waals surface area contributed by atoms with Crippen LogP contribution in [-0.4, -0.2) is 29.6 Å². The summed E-state index contributed by atoms with van der Waals surface area (Å²) >= 11 is 11.9. The van der Waals surface area contributed by atoms with Crippen LogP contribution < -0.4 is 10.1 Å². The Morgan fingerprint density at radius 2 is 2.00 bits per heavy atom. The van der Waals surface area contributed by atoms with E-state index in [2.05, 4.69) is 10.3 Å². The number of ether oxygens (including phenoxy) is 2. The maximum Gasteiger partial charge on any atom is 0.344 e. The molecule has 0 saturated carbocycles. The van der Waals surface area contributed by atoms with E-state index in [1.54, 1.807) is 31.2 Å². The summed E-state index contributed by atoms with van der Waals surface area (Å²) in [6.45, 7) is 3.57. The second-order valence-corrected chi connectivity index (χ2v) is 5.71. The van der Waals surface area contributed by atoms with E-state index in [1.807, 2.05) is 0 Å². The number of nitrogens with one attached hydrogen (secondary N) is 1. The fourth-order valence-corrected chi connectivity index (χ4v) is 2.26. The Morgan fingerprint density at radius 3 is 2.72 bits per heavy atom. The minimum absolute atomic E-state index is 0.143. The zero-order valence-corrected chi connectivity index (χ0v) is 15.1. The zero-order chi connectivity index (χ0) is 18.4. The van der Waals surface area contributed by atoms with Gasteiger partial charge in [0.1, 0.15) is 5.56 Å². The lowest BCUT2D eigenvalue weighted by atomic mass is 10.2. The van der Waals surface area contributed by atoms with Gasteiger partial charge in [-0.1, -0.05) is 29.3 Å². The molecule has 0 radical (unpaired) electrons. The van der Waals surface area contributed by atoms with E-state index < -0.39 is 18.0 Å². The van der Waals surface area contributed by atoms with Crippen LogP contribution in [0.1, 0.15) is 24.2 Å². The molecule has 0 aliphatic carbocycles. The van der Waals surface area contributed by atoms with Crippen LogP contribution in [0.2, 0.25) is 10.0 Å². The molecule has 0 saturated heterocycles. The molecule has 0 aliphatic rings. The standard InChI is InChI=1S/C17H16Cl2N2O4/c1-3-24-16-11(6-5-9-20-16)17(23)25-10(2)15(22)21-13-8-4-7-12(18)14(13)19/h4-10H,3H2,1-2H3,(H,21,22)/t10-/m0/s1. The Hall–Kier alpha value is -2.31. The van der Waals surface area contributed by atoms with Gasteiger partial charge in [-0.25, -0.2) is 9.78 Å². The number of carbonyl (C=O) groups is 2. The fraction of sp³-hybridized carbons (Fsp3) is 0.235. The summed E-state index contributed by atoms with van der Waals surface area (Å²) < 4.78 is 10.5. The van der Waals surface area contributed by atoms with Gasteiger partial charge in [-0.15, -0.1) is 0 Å². The molecule has 8 heteroatoms. The molecule has 0 unspecified atom stereocenters. The van der Waals surface area contributed by atoms with Crippen molar-refractivity contribution < 1.29 is 19.1 Å². The SMILES string of the molecule is CCOc1ncccc1C(=O)O[C@@H](C)C(=O)Nc1cccc(Cl)c1Cl. The number of hydrogen-bond acceptors (Lipinski definition) is 5. The second-order valence-electron chi connectivity index (χ2n) is 4.93. The van der Waals surface area contributed by atoms with E-state index in [-0.39, 0.29) is 16.5 Å². The number of nitrogens with zero attached hydrogens (tertiary/aromatic N) is 1. The second kappa shape index (κ2) is 8.69. The first-order valence-electron chi connectivity index (χ1n) is 7.47. The lowest BCUT2D eigenvalue weighted by Gasteiger charge is -2.15. The minimum atomic E-state index is -1.06. The fourth-order valence-electron chi connectivity index (χ4n) is 1.91. The van der Waals surface area contributed by atoms with Crippen LogP contribution in [0.25, 0.3) is 0 Å². The van der Waals surface area contributed by atoms with Crippen molar-refractivity contribution in [3.8, 4) is 5.88 Å². The molecule has 25 heavy (non-hydrogen) atoms. The molecule has 1 aromatic carbocycles. The van der Waals surface area contributed by atoms with Gasteiger partial charge in [0.25, 0.3) is 5.91 Å². The number of amides is 1. The number of anilines is 1. The molecule has 0 spiro atoms. The predicted molar refractivity (Wildman–Crippen MR) is 95.4 cm³/mol. The molecule has 1 atom stereocenters. The Kier molecular flexibility index (Phi) is 6.61. The maximum absolute atomic E-state index is 12.3. The van der Waals surface area contributed by atoms with Crippen molar-refractivity contribution in [1.29, 1.82) is 0 Å². The van der Waals surface area contributed by atoms with Crippen molar-refractivity contribution >= 4 is 40.8 Å². The molecule has 1 N–H and O–H groups in total. The first-order chi connectivity index (χ1) is 11.9. The van der Waals surface area contributed by atoms with E-state index >= 15 is 0 Å². The molecule has 0 aliphatic heterocycles. The number of hydrogen-bond donors (Lipinski definition) is 1. The van der Waals surface area contributed by atoms with Crippen molar-refractivity contribution in [1.82, 2.24) is 4.98 Å². The van der Waals surface area contributed by atoms with Gasteiger partial charge in [0.05, 0.1) is 22.3 Å². The highest BCUT2D eigenvalue weighted by Crippen LogP contribution is 2.29. The van der Waals surface area contributed by atoms with Gasteiger partial charge in [-0.3, -0.25) is 4.79 Å². The van der Waals surface area contributed by atoms with E-state index in [4.69, 9.17) is 32.7 Å². The normalized spacial score (nSPS) is 11.5. The Bertz CT molecular complexity index is 783. The average Bonchev–Trinajstić information content (AvgIpc) is 2.59. The van der Waals surface area contributed by atoms with Crippen LogP contribution in [0, 0.1) is 0 Å². The van der Waals surface area contributed by atoms with Gasteiger partial charge < -0.3 is 14.8 Å². The monoisotopic (exact) mass is 382 g/mol. The summed E-state index contributed by atoms with van der Waals surface area (Å²) in [5.74, 6) is -1.10. The lowest BCUT2D eigenvalue weighted by molar-refractivity contribution is -0.123. The van der Waals surface area contributed by atoms with Gasteiger partial charge in [-0.2, -0.15) is 0 Å². The number of rotatable bonds is 6. The Balaban J connectivity index is 2.06. The van der Waals surface area contributed by atoms with Crippen molar-refractivity contribution in [2.75, 3.05) is 11.9 Å². The third-order valence-corrected chi connectivity index (χ3v) is 3.95. The molecule has 1 heterocycles. The summed E-state index contributed by atoms with van der Waals surface area (Å²) in [6.07, 6.45) is 0.441. The van der Waals surface area contributed by atoms with Crippen molar-refractivity contribution in [2.24, 2.45) is 0 Å². The van der Waals surface area contributed by atoms with Crippen LogP contribution in [0.5, 0.6) is 5.88 Å². The summed E-state index contributed by atoms with van der Waals surface area (Å²) in [5.41, 5.74) is 0.475. The van der Waals surface area contributed by atoms with Crippen LogP contribution in [-0.2, 0) is 9.53 Å². The minimum Gasteiger partial charge on any atom is -0.477 e. The molecular formula is C17H16Cl2N2O4. The highest BCUT2D eigenvalue weighted by atomic mass is 35.5. The number of benzene rings is 1. The molecule has 1 amide bonds. The molecular weight excluding hydrogens is 367 g/mol. The summed E-state index contributed by atoms with van der Waals surface area (Å²) in [7, 11) is 0. The smallest absolute Gasteiger partial charge is 0.344 e. The average molecular weight is 383 g/mol. The molecule has 132 valence electrons. The predicted octanol–water partition coefficient (Wildman–Crippen LogP) is 3.97. The number of pyridine rings is 1. The van der Waals surface area contributed by atoms with E-state index in [0.717, 1.165) is 0 Å². The molecule has 0 bridgehead atoms.